The van der Waals surface area contributed by atoms with Gasteiger partial charge in [0.05, 0.1) is 17.4 Å². The molecule has 1 aromatic carbocycles. The van der Waals surface area contributed by atoms with E-state index in [-0.39, 0.29) is 6.61 Å². The lowest BCUT2D eigenvalue weighted by Crippen LogP contribution is -2.17. The number of benzene rings is 1. The molecule has 0 radical (unpaired) electrons. The molecule has 0 bridgehead atoms. The van der Waals surface area contributed by atoms with E-state index in [1.807, 2.05) is 42.5 Å². The van der Waals surface area contributed by atoms with Gasteiger partial charge in [0.15, 0.2) is 6.61 Å². The van der Waals surface area contributed by atoms with Crippen molar-refractivity contribution in [1.29, 1.82) is 0 Å². The van der Waals surface area contributed by atoms with Crippen LogP contribution in [0.2, 0.25) is 0 Å². The largest absolute Gasteiger partial charge is 0.385 e. The summed E-state index contributed by atoms with van der Waals surface area (Å²) in [5.74, 6) is -0.572. The zero-order valence-corrected chi connectivity index (χ0v) is 11.7. The van der Waals surface area contributed by atoms with Crippen molar-refractivity contribution in [3.8, 4) is 0 Å². The van der Waals surface area contributed by atoms with Gasteiger partial charge < -0.3 is 15.6 Å². The lowest BCUT2D eigenvalue weighted by molar-refractivity contribution is -0.122. The Morgan fingerprint density at radius 1 is 1.27 bits per heavy atom. The molecule has 3 aromatic rings. The first-order chi connectivity index (χ1) is 10.7. The number of hydrogen-bond donors (Lipinski definition) is 2. The van der Waals surface area contributed by atoms with Crippen LogP contribution in [0.1, 0.15) is 11.3 Å². The Morgan fingerprint density at radius 2 is 2.09 bits per heavy atom. The molecule has 1 amide bonds. The van der Waals surface area contributed by atoms with Gasteiger partial charge in [-0.2, -0.15) is 0 Å². The van der Waals surface area contributed by atoms with Gasteiger partial charge in [-0.25, -0.2) is 0 Å². The number of aromatic nitrogens is 2. The number of carbonyl (C=O) groups excluding carboxylic acids is 1. The number of hydrogen-bond acceptors (Lipinski definition) is 4. The molecule has 6 heteroatoms. The second kappa shape index (κ2) is 6.09. The van der Waals surface area contributed by atoms with Crippen LogP contribution in [0.3, 0.4) is 0 Å². The number of aromatic amines is 1. The molecule has 0 aliphatic carbocycles. The molecule has 0 aliphatic heterocycles. The molecule has 0 atom stereocenters. The van der Waals surface area contributed by atoms with E-state index in [2.05, 4.69) is 15.1 Å². The Hall–Kier alpha value is -3.15. The highest BCUT2D eigenvalue weighted by molar-refractivity contribution is 6.13. The minimum absolute atomic E-state index is 0.266. The van der Waals surface area contributed by atoms with Gasteiger partial charge in [0.25, 0.3) is 5.91 Å². The number of primary amides is 1. The predicted octanol–water partition coefficient (Wildman–Crippen LogP) is 1.82. The summed E-state index contributed by atoms with van der Waals surface area (Å²) in [5, 5.41) is 5.08. The Morgan fingerprint density at radius 3 is 2.82 bits per heavy atom. The fourth-order valence-electron chi connectivity index (χ4n) is 2.11. The van der Waals surface area contributed by atoms with Crippen molar-refractivity contribution in [3.05, 3.63) is 66.1 Å². The van der Waals surface area contributed by atoms with E-state index in [4.69, 9.17) is 10.6 Å². The molecule has 22 heavy (non-hydrogen) atoms. The SMILES string of the molecule is NC(=O)CO/N=C(\c1ccccc1)c1cc2ccncc2[nH]1. The van der Waals surface area contributed by atoms with Crippen molar-refractivity contribution in [2.24, 2.45) is 10.9 Å². The zero-order valence-electron chi connectivity index (χ0n) is 11.7. The van der Waals surface area contributed by atoms with E-state index in [0.29, 0.717) is 5.71 Å². The molecule has 0 aliphatic rings. The summed E-state index contributed by atoms with van der Waals surface area (Å²) in [7, 11) is 0. The number of nitrogens with two attached hydrogens (primary N) is 1. The number of oxime groups is 1. The molecule has 2 aromatic heterocycles. The van der Waals surface area contributed by atoms with Gasteiger partial charge in [0, 0.05) is 17.1 Å². The van der Waals surface area contributed by atoms with Gasteiger partial charge in [-0.1, -0.05) is 35.5 Å². The van der Waals surface area contributed by atoms with Crippen LogP contribution in [0.15, 0.2) is 60.0 Å². The second-order valence-electron chi connectivity index (χ2n) is 4.69. The summed E-state index contributed by atoms with van der Waals surface area (Å²) in [5.41, 5.74) is 8.21. The normalized spacial score (nSPS) is 11.5. The van der Waals surface area contributed by atoms with Crippen LogP contribution in [0.5, 0.6) is 0 Å². The van der Waals surface area contributed by atoms with Crippen LogP contribution < -0.4 is 5.73 Å². The fourth-order valence-corrected chi connectivity index (χ4v) is 2.11. The summed E-state index contributed by atoms with van der Waals surface area (Å²) in [6, 6.07) is 13.4. The van der Waals surface area contributed by atoms with Crippen molar-refractivity contribution in [2.45, 2.75) is 0 Å². The third-order valence-corrected chi connectivity index (χ3v) is 3.09. The van der Waals surface area contributed by atoms with Gasteiger partial charge in [-0.05, 0) is 12.1 Å². The Bertz CT molecular complexity index is 791. The average Bonchev–Trinajstić information content (AvgIpc) is 2.95. The highest BCUT2D eigenvalue weighted by atomic mass is 16.6. The first-order valence-electron chi connectivity index (χ1n) is 6.71. The molecule has 3 rings (SSSR count). The molecule has 0 unspecified atom stereocenters. The van der Waals surface area contributed by atoms with Crippen molar-refractivity contribution in [2.75, 3.05) is 6.61 Å². The lowest BCUT2D eigenvalue weighted by atomic mass is 10.1. The van der Waals surface area contributed by atoms with E-state index >= 15 is 0 Å². The van der Waals surface area contributed by atoms with Crippen LogP contribution >= 0.6 is 0 Å². The highest BCUT2D eigenvalue weighted by Crippen LogP contribution is 2.17. The van der Waals surface area contributed by atoms with Crippen LogP contribution in [0, 0.1) is 0 Å². The summed E-state index contributed by atoms with van der Waals surface area (Å²) in [4.78, 5) is 23.2. The monoisotopic (exact) mass is 294 g/mol. The molecular formula is C16H14N4O2. The average molecular weight is 294 g/mol. The maximum atomic E-state index is 10.8. The number of nitrogens with zero attached hydrogens (tertiary/aromatic N) is 2. The number of rotatable bonds is 5. The minimum atomic E-state index is -0.572. The molecule has 6 nitrogen and oxygen atoms in total. The molecular weight excluding hydrogens is 280 g/mol. The fraction of sp³-hybridized carbons (Fsp3) is 0.0625. The molecule has 2 heterocycles. The van der Waals surface area contributed by atoms with Gasteiger partial charge in [0.2, 0.25) is 0 Å². The number of amides is 1. The van der Waals surface area contributed by atoms with E-state index in [1.165, 1.54) is 0 Å². The number of carbonyl (C=O) groups is 1. The third kappa shape index (κ3) is 2.95. The van der Waals surface area contributed by atoms with Gasteiger partial charge in [-0.3, -0.25) is 9.78 Å². The van der Waals surface area contributed by atoms with Crippen LogP contribution in [0.25, 0.3) is 10.9 Å². The summed E-state index contributed by atoms with van der Waals surface area (Å²) in [6.07, 6.45) is 3.47. The van der Waals surface area contributed by atoms with E-state index in [0.717, 1.165) is 22.2 Å². The van der Waals surface area contributed by atoms with Crippen molar-refractivity contribution in [1.82, 2.24) is 9.97 Å². The lowest BCUT2D eigenvalue weighted by Gasteiger charge is -2.04. The maximum absolute atomic E-state index is 10.8. The maximum Gasteiger partial charge on any atom is 0.258 e. The molecule has 0 saturated carbocycles. The smallest absolute Gasteiger partial charge is 0.258 e. The Balaban J connectivity index is 2.02. The van der Waals surface area contributed by atoms with Crippen LogP contribution in [-0.4, -0.2) is 28.2 Å². The number of pyridine rings is 1. The van der Waals surface area contributed by atoms with Crippen LogP contribution in [0.4, 0.5) is 0 Å². The first kappa shape index (κ1) is 13.8. The standard InChI is InChI=1S/C16H14N4O2/c17-15(21)10-22-20-16(11-4-2-1-3-5-11)13-8-12-6-7-18-9-14(12)19-13/h1-9,19H,10H2,(H2,17,21)/b20-16+. The first-order valence-corrected chi connectivity index (χ1v) is 6.71. The van der Waals surface area contributed by atoms with Crippen LogP contribution in [-0.2, 0) is 9.63 Å². The topological polar surface area (TPSA) is 93.4 Å². The van der Waals surface area contributed by atoms with Crippen molar-refractivity contribution >= 4 is 22.5 Å². The molecule has 3 N–H and O–H groups in total. The number of fused-ring (bicyclic) bond motifs is 1. The molecule has 0 saturated heterocycles. The van der Waals surface area contributed by atoms with Crippen molar-refractivity contribution < 1.29 is 9.63 Å². The predicted molar refractivity (Wildman–Crippen MR) is 83.3 cm³/mol. The third-order valence-electron chi connectivity index (χ3n) is 3.09. The van der Waals surface area contributed by atoms with Gasteiger partial charge in [-0.15, -0.1) is 0 Å². The van der Waals surface area contributed by atoms with E-state index in [1.54, 1.807) is 12.4 Å². The summed E-state index contributed by atoms with van der Waals surface area (Å²) < 4.78 is 0. The summed E-state index contributed by atoms with van der Waals surface area (Å²) >= 11 is 0. The number of nitrogens with one attached hydrogen (secondary N) is 1. The number of H-pyrrole nitrogens is 1. The molecule has 110 valence electrons. The second-order valence-corrected chi connectivity index (χ2v) is 4.69. The quantitative estimate of drug-likeness (QED) is 0.555. The van der Waals surface area contributed by atoms with E-state index in [9.17, 15) is 4.79 Å². The summed E-state index contributed by atoms with van der Waals surface area (Å²) in [6.45, 7) is -0.266. The highest BCUT2D eigenvalue weighted by Gasteiger charge is 2.11. The van der Waals surface area contributed by atoms with Gasteiger partial charge in [0.1, 0.15) is 5.71 Å². The van der Waals surface area contributed by atoms with E-state index < -0.39 is 5.91 Å². The zero-order chi connectivity index (χ0) is 15.4. The minimum Gasteiger partial charge on any atom is -0.385 e. The molecule has 0 fully saturated rings. The van der Waals surface area contributed by atoms with Crippen molar-refractivity contribution in [3.63, 3.8) is 0 Å². The van der Waals surface area contributed by atoms with Gasteiger partial charge >= 0.3 is 0 Å². The Labute approximate surface area is 126 Å². The molecule has 0 spiro atoms. The Kier molecular flexibility index (Phi) is 3.82.